The van der Waals surface area contributed by atoms with Crippen molar-refractivity contribution in [3.63, 3.8) is 0 Å². The first-order chi connectivity index (χ1) is 14.9. The van der Waals surface area contributed by atoms with Gasteiger partial charge in [-0.05, 0) is 37.3 Å². The predicted molar refractivity (Wildman–Crippen MR) is 114 cm³/mol. The highest BCUT2D eigenvalue weighted by molar-refractivity contribution is 5.99. The summed E-state index contributed by atoms with van der Waals surface area (Å²) in [4.78, 5) is 25.7. The zero-order chi connectivity index (χ0) is 22.5. The Morgan fingerprint density at radius 1 is 1.16 bits per heavy atom. The number of aromatic nitrogens is 2. The largest absolute Gasteiger partial charge is 0.497 e. The second-order valence-corrected chi connectivity index (χ2v) is 6.84. The first-order valence-electron chi connectivity index (χ1n) is 9.52. The maximum atomic E-state index is 12.0. The van der Waals surface area contributed by atoms with Gasteiger partial charge in [0.05, 0.1) is 20.3 Å². The topological polar surface area (TPSA) is 126 Å². The fourth-order valence-electron chi connectivity index (χ4n) is 3.38. The number of methoxy groups -OCH3 is 2. The molecule has 4 N–H and O–H groups in total. The van der Waals surface area contributed by atoms with Crippen LogP contribution in [0.4, 0.5) is 5.82 Å². The number of benzene rings is 1. The van der Waals surface area contributed by atoms with Gasteiger partial charge in [0, 0.05) is 24.7 Å². The van der Waals surface area contributed by atoms with Crippen LogP contribution in [0.5, 0.6) is 11.5 Å². The van der Waals surface area contributed by atoms with E-state index in [2.05, 4.69) is 28.8 Å². The summed E-state index contributed by atoms with van der Waals surface area (Å²) in [6.45, 7) is 2.52. The average Bonchev–Trinajstić information content (AvgIpc) is 3.36. The molecule has 1 aromatic heterocycles. The molecular formula is C22H23N5O4. The summed E-state index contributed by atoms with van der Waals surface area (Å²) in [7, 11) is 3.09. The van der Waals surface area contributed by atoms with Gasteiger partial charge in [-0.1, -0.05) is 11.8 Å². The van der Waals surface area contributed by atoms with Crippen LogP contribution < -0.4 is 20.9 Å². The Bertz CT molecular complexity index is 1120. The molecule has 0 saturated carbocycles. The highest BCUT2D eigenvalue weighted by Crippen LogP contribution is 2.27. The molecule has 1 fully saturated rings. The third-order valence-electron chi connectivity index (χ3n) is 4.90. The van der Waals surface area contributed by atoms with Crippen molar-refractivity contribution in [2.75, 3.05) is 33.0 Å². The number of nitrogens with two attached hydrogens (primary N) is 2. The van der Waals surface area contributed by atoms with Gasteiger partial charge in [0.25, 0.3) is 11.8 Å². The summed E-state index contributed by atoms with van der Waals surface area (Å²) in [6.07, 6.45) is 0.626. The van der Waals surface area contributed by atoms with Crippen LogP contribution in [0, 0.1) is 23.7 Å². The van der Waals surface area contributed by atoms with Gasteiger partial charge in [-0.2, -0.15) is 5.10 Å². The van der Waals surface area contributed by atoms with E-state index in [0.717, 1.165) is 0 Å². The zero-order valence-corrected chi connectivity index (χ0v) is 17.6. The summed E-state index contributed by atoms with van der Waals surface area (Å²) in [6, 6.07) is 4.99. The number of nitrogens with zero attached hydrogens (tertiary/aromatic N) is 3. The number of hydrogen-bond donors (Lipinski definition) is 2. The van der Waals surface area contributed by atoms with Crippen molar-refractivity contribution in [2.24, 2.45) is 5.73 Å². The quantitative estimate of drug-likeness (QED) is 0.703. The monoisotopic (exact) mass is 421 g/mol. The minimum atomic E-state index is -0.723. The second kappa shape index (κ2) is 9.14. The maximum Gasteiger partial charge on any atom is 0.298 e. The number of anilines is 1. The molecule has 2 amide bonds. The third kappa shape index (κ3) is 4.57. The van der Waals surface area contributed by atoms with E-state index in [9.17, 15) is 9.59 Å². The maximum absolute atomic E-state index is 12.0. The molecule has 1 saturated heterocycles. The molecule has 0 aliphatic carbocycles. The van der Waals surface area contributed by atoms with Crippen LogP contribution in [0.2, 0.25) is 0 Å². The molecular weight excluding hydrogens is 398 g/mol. The van der Waals surface area contributed by atoms with Crippen LogP contribution in [-0.2, 0) is 4.79 Å². The number of carbonyl (C=O) groups is 2. The second-order valence-electron chi connectivity index (χ2n) is 6.84. The van der Waals surface area contributed by atoms with E-state index in [1.807, 2.05) is 0 Å². The van der Waals surface area contributed by atoms with Crippen LogP contribution in [0.15, 0.2) is 18.2 Å². The van der Waals surface area contributed by atoms with Crippen LogP contribution in [0.3, 0.4) is 0 Å². The van der Waals surface area contributed by atoms with Gasteiger partial charge in [0.1, 0.15) is 22.9 Å². The molecule has 3 rings (SSSR count). The summed E-state index contributed by atoms with van der Waals surface area (Å²) in [5.41, 5.74) is 12.6. The van der Waals surface area contributed by atoms with E-state index in [-0.39, 0.29) is 29.0 Å². The third-order valence-corrected chi connectivity index (χ3v) is 4.90. The van der Waals surface area contributed by atoms with Crippen molar-refractivity contribution >= 4 is 17.6 Å². The fraction of sp³-hybridized carbons (Fsp3) is 0.318. The summed E-state index contributed by atoms with van der Waals surface area (Å²) < 4.78 is 12.0. The number of hydrogen-bond acceptors (Lipinski definition) is 6. The molecule has 1 aliphatic rings. The Kier molecular flexibility index (Phi) is 6.37. The minimum Gasteiger partial charge on any atom is -0.497 e. The summed E-state index contributed by atoms with van der Waals surface area (Å²) in [5, 5.41) is 4.43. The summed E-state index contributed by atoms with van der Waals surface area (Å²) >= 11 is 0. The normalized spacial score (nSPS) is 14.8. The molecule has 0 bridgehead atoms. The smallest absolute Gasteiger partial charge is 0.298 e. The first kappa shape index (κ1) is 21.6. The zero-order valence-electron chi connectivity index (χ0n) is 17.6. The highest BCUT2D eigenvalue weighted by Gasteiger charge is 2.31. The van der Waals surface area contributed by atoms with Gasteiger partial charge in [0.15, 0.2) is 5.69 Å². The fourth-order valence-corrected chi connectivity index (χ4v) is 3.38. The molecule has 31 heavy (non-hydrogen) atoms. The van der Waals surface area contributed by atoms with E-state index in [1.54, 1.807) is 44.2 Å². The van der Waals surface area contributed by atoms with Gasteiger partial charge < -0.3 is 25.8 Å². The number of carbonyl (C=O) groups excluding carboxylic acids is 2. The van der Waals surface area contributed by atoms with Gasteiger partial charge in [-0.25, -0.2) is 4.68 Å². The van der Waals surface area contributed by atoms with Crippen molar-refractivity contribution in [3.05, 3.63) is 35.0 Å². The lowest BCUT2D eigenvalue weighted by atomic mass is 10.1. The van der Waals surface area contributed by atoms with Gasteiger partial charge in [-0.15, -0.1) is 0 Å². The minimum absolute atomic E-state index is 0.0560. The standard InChI is InChI=1S/C22H23N5O4/c1-4-5-19(28)26-9-8-15(13-26)27-21(23)20(22(24)29)18(25-27)7-6-14-10-16(30-2)12-17(11-14)31-3/h10-12,15H,8-9,13,23H2,1-3H3,(H2,24,29). The van der Waals surface area contributed by atoms with Gasteiger partial charge in [0.2, 0.25) is 0 Å². The molecule has 9 heteroatoms. The average molecular weight is 421 g/mol. The molecule has 160 valence electrons. The Morgan fingerprint density at radius 3 is 2.42 bits per heavy atom. The SMILES string of the molecule is CC#CC(=O)N1CCC(n2nc(C#Cc3cc(OC)cc(OC)c3)c(C(N)=O)c2N)C1. The van der Waals surface area contributed by atoms with E-state index < -0.39 is 5.91 Å². The molecule has 9 nitrogen and oxygen atoms in total. The van der Waals surface area contributed by atoms with Crippen LogP contribution in [-0.4, -0.2) is 53.8 Å². The molecule has 0 spiro atoms. The molecule has 0 radical (unpaired) electrons. The molecule has 2 aromatic rings. The Hall–Kier alpha value is -4.11. The van der Waals surface area contributed by atoms with Crippen LogP contribution >= 0.6 is 0 Å². The van der Waals surface area contributed by atoms with E-state index in [0.29, 0.717) is 36.6 Å². The van der Waals surface area contributed by atoms with E-state index >= 15 is 0 Å². The van der Waals surface area contributed by atoms with Crippen LogP contribution in [0.1, 0.15) is 41.0 Å². The van der Waals surface area contributed by atoms with Crippen molar-refractivity contribution in [2.45, 2.75) is 19.4 Å². The number of rotatable bonds is 4. The lowest BCUT2D eigenvalue weighted by Gasteiger charge is -2.14. The van der Waals surface area contributed by atoms with Crippen LogP contribution in [0.25, 0.3) is 0 Å². The lowest BCUT2D eigenvalue weighted by Crippen LogP contribution is -2.28. The molecule has 1 unspecified atom stereocenters. The van der Waals surface area contributed by atoms with Gasteiger partial charge >= 0.3 is 0 Å². The predicted octanol–water partition coefficient (Wildman–Crippen LogP) is 0.778. The molecule has 1 aliphatic heterocycles. The Morgan fingerprint density at radius 2 is 1.84 bits per heavy atom. The van der Waals surface area contributed by atoms with Crippen molar-refractivity contribution in [1.29, 1.82) is 0 Å². The lowest BCUT2D eigenvalue weighted by molar-refractivity contribution is -0.124. The number of nitrogen functional groups attached to an aromatic ring is 1. The van der Waals surface area contributed by atoms with Crippen molar-refractivity contribution in [3.8, 4) is 35.2 Å². The number of ether oxygens (including phenoxy) is 2. The molecule has 1 aromatic carbocycles. The Balaban J connectivity index is 1.95. The van der Waals surface area contributed by atoms with Crippen molar-refractivity contribution < 1.29 is 19.1 Å². The van der Waals surface area contributed by atoms with E-state index in [4.69, 9.17) is 20.9 Å². The number of primary amides is 1. The van der Waals surface area contributed by atoms with E-state index in [1.165, 1.54) is 4.68 Å². The van der Waals surface area contributed by atoms with Crippen molar-refractivity contribution in [1.82, 2.24) is 14.7 Å². The molecule has 2 heterocycles. The number of amides is 2. The van der Waals surface area contributed by atoms with Gasteiger partial charge in [-0.3, -0.25) is 9.59 Å². The highest BCUT2D eigenvalue weighted by atomic mass is 16.5. The first-order valence-corrected chi connectivity index (χ1v) is 9.52. The molecule has 1 atom stereocenters. The Labute approximate surface area is 180 Å². The number of likely N-dealkylation sites (tertiary alicyclic amines) is 1. The summed E-state index contributed by atoms with van der Waals surface area (Å²) in [5.74, 6) is 11.3.